The number of nitrogens with zero attached hydrogens (tertiary/aromatic N) is 2. The largest absolute Gasteiger partial charge is 0.383 e. The Morgan fingerprint density at radius 2 is 2.43 bits per heavy atom. The molecule has 0 bridgehead atoms. The van der Waals surface area contributed by atoms with Crippen LogP contribution in [0.1, 0.15) is 13.3 Å². The Morgan fingerprint density at radius 1 is 1.57 bits per heavy atom. The molecule has 76 valence electrons. The third-order valence-corrected chi connectivity index (χ3v) is 1.89. The van der Waals surface area contributed by atoms with Crippen LogP contribution in [0.15, 0.2) is 23.9 Å². The smallest absolute Gasteiger partial charge is 0.295 e. The van der Waals surface area contributed by atoms with Crippen molar-refractivity contribution >= 4 is 5.71 Å². The summed E-state index contributed by atoms with van der Waals surface area (Å²) in [5.41, 5.74) is 10.2. The molecule has 1 rings (SSSR count). The topological polar surface area (TPSA) is 57.7 Å². The lowest BCUT2D eigenvalue weighted by molar-refractivity contribution is -0.00542. The minimum absolute atomic E-state index is 0.671. The van der Waals surface area contributed by atoms with Crippen LogP contribution in [0.25, 0.3) is 5.53 Å². The zero-order valence-corrected chi connectivity index (χ0v) is 8.36. The Morgan fingerprint density at radius 3 is 3.00 bits per heavy atom. The van der Waals surface area contributed by atoms with E-state index in [1.165, 1.54) is 0 Å². The SMILES string of the molecule is CCOCCNC1=CCC(=[N+]=[N-])C=C1. The molecule has 0 aromatic rings. The molecule has 0 radical (unpaired) electrons. The molecule has 1 N–H and O–H groups in total. The van der Waals surface area contributed by atoms with Crippen molar-refractivity contribution < 1.29 is 9.53 Å². The summed E-state index contributed by atoms with van der Waals surface area (Å²) in [6, 6.07) is 0. The third kappa shape index (κ3) is 3.56. The van der Waals surface area contributed by atoms with E-state index in [0.717, 1.165) is 18.8 Å². The fourth-order valence-electron chi connectivity index (χ4n) is 1.15. The van der Waals surface area contributed by atoms with Gasteiger partial charge in [-0.05, 0) is 19.1 Å². The van der Waals surface area contributed by atoms with Crippen LogP contribution in [-0.4, -0.2) is 30.3 Å². The van der Waals surface area contributed by atoms with Crippen LogP contribution < -0.4 is 5.32 Å². The Hall–Kier alpha value is -1.38. The van der Waals surface area contributed by atoms with E-state index >= 15 is 0 Å². The van der Waals surface area contributed by atoms with Crippen LogP contribution in [0, 0.1) is 0 Å². The zero-order valence-electron chi connectivity index (χ0n) is 8.36. The summed E-state index contributed by atoms with van der Waals surface area (Å²) < 4.78 is 5.19. The second-order valence-corrected chi connectivity index (χ2v) is 2.91. The van der Waals surface area contributed by atoms with Gasteiger partial charge < -0.3 is 15.6 Å². The van der Waals surface area contributed by atoms with Gasteiger partial charge in [0.05, 0.1) is 13.0 Å². The fraction of sp³-hybridized carbons (Fsp3) is 0.500. The van der Waals surface area contributed by atoms with E-state index in [9.17, 15) is 0 Å². The van der Waals surface area contributed by atoms with E-state index in [1.807, 2.05) is 19.1 Å². The van der Waals surface area contributed by atoms with Crippen molar-refractivity contribution in [2.24, 2.45) is 0 Å². The van der Waals surface area contributed by atoms with Crippen LogP contribution in [0.3, 0.4) is 0 Å². The first kappa shape index (κ1) is 10.7. The van der Waals surface area contributed by atoms with Crippen molar-refractivity contribution in [2.45, 2.75) is 13.3 Å². The van der Waals surface area contributed by atoms with Gasteiger partial charge in [-0.25, -0.2) is 0 Å². The molecule has 0 aromatic carbocycles. The first-order valence-corrected chi connectivity index (χ1v) is 4.77. The molecule has 0 aromatic heterocycles. The molecule has 0 atom stereocenters. The average Bonchev–Trinajstić information content (AvgIpc) is 2.25. The van der Waals surface area contributed by atoms with Crippen molar-refractivity contribution in [1.29, 1.82) is 0 Å². The standard InChI is InChI=1S/C10H15N3O/c1-2-14-8-7-12-9-3-5-10(13-11)6-4-9/h3-5,12H,2,6-8H2,1H3. The number of rotatable bonds is 5. The lowest BCUT2D eigenvalue weighted by Crippen LogP contribution is -2.19. The molecule has 4 heteroatoms. The Bertz CT molecular complexity index is 288. The highest BCUT2D eigenvalue weighted by Crippen LogP contribution is 2.03. The van der Waals surface area contributed by atoms with Crippen LogP contribution in [0.2, 0.25) is 0 Å². The van der Waals surface area contributed by atoms with E-state index in [-0.39, 0.29) is 0 Å². The van der Waals surface area contributed by atoms with Crippen LogP contribution in [-0.2, 0) is 4.74 Å². The predicted octanol–water partition coefficient (Wildman–Crippen LogP) is 1.13. The van der Waals surface area contributed by atoms with Gasteiger partial charge in [-0.2, -0.15) is 4.79 Å². The van der Waals surface area contributed by atoms with Gasteiger partial charge in [0.2, 0.25) is 0 Å². The molecule has 0 heterocycles. The molecule has 1 aliphatic carbocycles. The van der Waals surface area contributed by atoms with Crippen molar-refractivity contribution in [1.82, 2.24) is 5.32 Å². The maximum atomic E-state index is 8.49. The molecule has 0 fully saturated rings. The molecular formula is C10H15N3O. The summed E-state index contributed by atoms with van der Waals surface area (Å²) in [5, 5.41) is 3.21. The lowest BCUT2D eigenvalue weighted by atomic mass is 10.1. The second kappa shape index (κ2) is 6.13. The maximum Gasteiger partial charge on any atom is 0.295 e. The van der Waals surface area contributed by atoms with E-state index in [0.29, 0.717) is 18.7 Å². The van der Waals surface area contributed by atoms with Crippen LogP contribution >= 0.6 is 0 Å². The van der Waals surface area contributed by atoms with E-state index in [4.69, 9.17) is 10.3 Å². The molecule has 4 nitrogen and oxygen atoms in total. The van der Waals surface area contributed by atoms with Crippen molar-refractivity contribution in [3.8, 4) is 0 Å². The number of nitrogens with one attached hydrogen (secondary N) is 1. The second-order valence-electron chi connectivity index (χ2n) is 2.91. The Balaban J connectivity index is 2.25. The van der Waals surface area contributed by atoms with Gasteiger partial charge in [-0.1, -0.05) is 0 Å². The maximum absolute atomic E-state index is 8.49. The first-order valence-electron chi connectivity index (χ1n) is 4.77. The molecule has 0 saturated heterocycles. The van der Waals surface area contributed by atoms with Crippen molar-refractivity contribution in [3.05, 3.63) is 29.5 Å². The van der Waals surface area contributed by atoms with E-state index < -0.39 is 0 Å². The molecular weight excluding hydrogens is 178 g/mol. The highest BCUT2D eigenvalue weighted by molar-refractivity contribution is 5.92. The van der Waals surface area contributed by atoms with Crippen molar-refractivity contribution in [2.75, 3.05) is 19.8 Å². The summed E-state index contributed by atoms with van der Waals surface area (Å²) >= 11 is 0. The Labute approximate surface area is 83.9 Å². The monoisotopic (exact) mass is 193 g/mol. The van der Waals surface area contributed by atoms with Gasteiger partial charge in [-0.15, -0.1) is 0 Å². The summed E-state index contributed by atoms with van der Waals surface area (Å²) in [6.45, 7) is 4.24. The number of ether oxygens (including phenoxy) is 1. The minimum Gasteiger partial charge on any atom is -0.383 e. The van der Waals surface area contributed by atoms with Gasteiger partial charge >= 0.3 is 0 Å². The quantitative estimate of drug-likeness (QED) is 0.404. The third-order valence-electron chi connectivity index (χ3n) is 1.89. The van der Waals surface area contributed by atoms with Gasteiger partial charge in [0.15, 0.2) is 0 Å². The molecule has 0 amide bonds. The number of allylic oxidation sites excluding steroid dienone is 3. The molecule has 0 unspecified atom stereocenters. The first-order chi connectivity index (χ1) is 6.86. The molecule has 0 spiro atoms. The lowest BCUT2D eigenvalue weighted by Gasteiger charge is -2.08. The summed E-state index contributed by atoms with van der Waals surface area (Å²) in [6.07, 6.45) is 6.35. The zero-order chi connectivity index (χ0) is 10.2. The number of hydrogen-bond donors (Lipinski definition) is 1. The van der Waals surface area contributed by atoms with Gasteiger partial charge in [0.1, 0.15) is 0 Å². The number of hydrogen-bond acceptors (Lipinski definition) is 2. The van der Waals surface area contributed by atoms with Gasteiger partial charge in [0.25, 0.3) is 5.71 Å². The molecule has 14 heavy (non-hydrogen) atoms. The summed E-state index contributed by atoms with van der Waals surface area (Å²) in [7, 11) is 0. The average molecular weight is 193 g/mol. The normalized spacial score (nSPS) is 14.9. The Kier molecular flexibility index (Phi) is 4.69. The summed E-state index contributed by atoms with van der Waals surface area (Å²) in [4.78, 5) is 3.12. The van der Waals surface area contributed by atoms with E-state index in [1.54, 1.807) is 6.08 Å². The molecule has 0 aliphatic heterocycles. The highest BCUT2D eigenvalue weighted by Gasteiger charge is 2.06. The van der Waals surface area contributed by atoms with Crippen LogP contribution in [0.4, 0.5) is 0 Å². The molecule has 1 aliphatic rings. The van der Waals surface area contributed by atoms with Crippen LogP contribution in [0.5, 0.6) is 0 Å². The van der Waals surface area contributed by atoms with Gasteiger partial charge in [-0.3, -0.25) is 0 Å². The molecule has 0 saturated carbocycles. The highest BCUT2D eigenvalue weighted by atomic mass is 16.5. The summed E-state index contributed by atoms with van der Waals surface area (Å²) in [5.74, 6) is 0. The predicted molar refractivity (Wildman–Crippen MR) is 55.0 cm³/mol. The van der Waals surface area contributed by atoms with E-state index in [2.05, 4.69) is 10.1 Å². The van der Waals surface area contributed by atoms with Crippen molar-refractivity contribution in [3.63, 3.8) is 0 Å². The van der Waals surface area contributed by atoms with Gasteiger partial charge in [0, 0.05) is 24.9 Å². The fourth-order valence-corrected chi connectivity index (χ4v) is 1.15. The minimum atomic E-state index is 0.671.